The number of likely N-dealkylation sites (tertiary alicyclic amines) is 1. The van der Waals surface area contributed by atoms with Gasteiger partial charge in [-0.3, -0.25) is 19.1 Å². The summed E-state index contributed by atoms with van der Waals surface area (Å²) in [6, 6.07) is 5.00. The van der Waals surface area contributed by atoms with Gasteiger partial charge in [-0.2, -0.15) is 0 Å². The molecule has 5 heterocycles. The van der Waals surface area contributed by atoms with Gasteiger partial charge in [0.05, 0.1) is 13.2 Å². The van der Waals surface area contributed by atoms with Gasteiger partial charge in [-0.25, -0.2) is 4.98 Å². The maximum absolute atomic E-state index is 13.7. The fraction of sp³-hybridized carbons (Fsp3) is 0.591. The van der Waals surface area contributed by atoms with Crippen LogP contribution in [0.3, 0.4) is 0 Å². The van der Waals surface area contributed by atoms with Crippen molar-refractivity contribution in [3.05, 3.63) is 52.5 Å². The predicted octanol–water partition coefficient (Wildman–Crippen LogP) is 0.991. The van der Waals surface area contributed by atoms with E-state index >= 15 is 0 Å². The molecule has 2 aromatic heterocycles. The van der Waals surface area contributed by atoms with Crippen LogP contribution in [0, 0.1) is 5.92 Å². The summed E-state index contributed by atoms with van der Waals surface area (Å²) < 4.78 is 9.38. The molecule has 3 aliphatic heterocycles. The highest BCUT2D eigenvalue weighted by Crippen LogP contribution is 2.42. The van der Waals surface area contributed by atoms with E-state index in [2.05, 4.69) is 9.88 Å². The van der Waals surface area contributed by atoms with Crippen LogP contribution in [0.1, 0.15) is 36.3 Å². The molecule has 160 valence electrons. The van der Waals surface area contributed by atoms with Crippen LogP contribution in [-0.4, -0.2) is 69.2 Å². The Morgan fingerprint density at radius 3 is 2.97 bits per heavy atom. The molecule has 30 heavy (non-hydrogen) atoms. The maximum atomic E-state index is 13.7. The van der Waals surface area contributed by atoms with Gasteiger partial charge in [-0.1, -0.05) is 6.07 Å². The Labute approximate surface area is 176 Å². The second-order valence-electron chi connectivity index (χ2n) is 8.74. The standard InChI is InChI=1S/C22H29N5O3/c1-24-8-6-23-19(24)15-25-13-16-12-17(14-25)21(27-18(16)4-2-5-20(27)28)22(29)26-7-3-10-30-11-9-26/h2,4-6,8,16-17,21H,3,7,9-15H2,1H3/t16-,17+,21-/m1/s1. The van der Waals surface area contributed by atoms with Crippen LogP contribution >= 0.6 is 0 Å². The number of fused-ring (bicyclic) bond motifs is 4. The zero-order valence-corrected chi connectivity index (χ0v) is 17.4. The number of amides is 1. The lowest BCUT2D eigenvalue weighted by Crippen LogP contribution is -2.54. The average Bonchev–Trinajstić information content (AvgIpc) is 2.97. The third kappa shape index (κ3) is 3.48. The van der Waals surface area contributed by atoms with Gasteiger partial charge in [-0.15, -0.1) is 0 Å². The number of nitrogens with zero attached hydrogens (tertiary/aromatic N) is 5. The topological polar surface area (TPSA) is 72.6 Å². The Hall–Kier alpha value is -2.45. The van der Waals surface area contributed by atoms with E-state index < -0.39 is 6.04 Å². The van der Waals surface area contributed by atoms with Crippen molar-refractivity contribution in [1.29, 1.82) is 0 Å². The molecule has 0 aromatic carbocycles. The van der Waals surface area contributed by atoms with Crippen LogP contribution in [0.4, 0.5) is 0 Å². The Balaban J connectivity index is 1.48. The lowest BCUT2D eigenvalue weighted by Gasteiger charge is -2.47. The second-order valence-corrected chi connectivity index (χ2v) is 8.74. The summed E-state index contributed by atoms with van der Waals surface area (Å²) in [4.78, 5) is 35.3. The van der Waals surface area contributed by atoms with Crippen molar-refractivity contribution in [2.75, 3.05) is 39.4 Å². The molecule has 1 amide bonds. The monoisotopic (exact) mass is 411 g/mol. The van der Waals surface area contributed by atoms with Crippen molar-refractivity contribution in [3.8, 4) is 0 Å². The highest BCUT2D eigenvalue weighted by atomic mass is 16.5. The molecule has 3 aliphatic rings. The van der Waals surface area contributed by atoms with E-state index in [4.69, 9.17) is 4.74 Å². The van der Waals surface area contributed by atoms with E-state index in [0.717, 1.165) is 44.0 Å². The number of carbonyl (C=O) groups is 1. The Bertz CT molecular complexity index is 975. The number of ether oxygens (including phenoxy) is 1. The molecule has 0 saturated carbocycles. The molecule has 8 nitrogen and oxygen atoms in total. The first-order valence-corrected chi connectivity index (χ1v) is 10.9. The largest absolute Gasteiger partial charge is 0.380 e. The maximum Gasteiger partial charge on any atom is 0.251 e. The first kappa shape index (κ1) is 19.5. The SMILES string of the molecule is Cn1ccnc1CN1C[C@H]2C[C@@H](C1)[C@H](C(=O)N1CCCOCC1)n1c2cccc1=O. The summed E-state index contributed by atoms with van der Waals surface area (Å²) in [5.41, 5.74) is 0.928. The number of aryl methyl sites for hydroxylation is 1. The minimum atomic E-state index is -0.438. The zero-order valence-electron chi connectivity index (χ0n) is 17.4. The summed E-state index contributed by atoms with van der Waals surface area (Å²) in [5.74, 6) is 1.47. The molecule has 2 saturated heterocycles. The summed E-state index contributed by atoms with van der Waals surface area (Å²) in [6.45, 7) is 4.97. The normalized spacial score (nSPS) is 26.8. The van der Waals surface area contributed by atoms with Gasteiger partial charge in [0.25, 0.3) is 5.56 Å². The molecule has 0 aliphatic carbocycles. The number of rotatable bonds is 3. The number of hydrogen-bond donors (Lipinski definition) is 0. The number of carbonyl (C=O) groups excluding carboxylic acids is 1. The molecule has 3 atom stereocenters. The van der Waals surface area contributed by atoms with Crippen LogP contribution in [0.5, 0.6) is 0 Å². The van der Waals surface area contributed by atoms with Crippen LogP contribution in [0.2, 0.25) is 0 Å². The predicted molar refractivity (Wildman–Crippen MR) is 111 cm³/mol. The Morgan fingerprint density at radius 2 is 2.13 bits per heavy atom. The van der Waals surface area contributed by atoms with Gasteiger partial charge in [0, 0.05) is 75.8 Å². The molecule has 0 spiro atoms. The summed E-state index contributed by atoms with van der Waals surface area (Å²) >= 11 is 0. The third-order valence-corrected chi connectivity index (χ3v) is 6.80. The minimum absolute atomic E-state index is 0.0656. The van der Waals surface area contributed by atoms with Crippen LogP contribution < -0.4 is 5.56 Å². The molecule has 5 rings (SSSR count). The van der Waals surface area contributed by atoms with E-state index in [9.17, 15) is 9.59 Å². The number of piperidine rings is 1. The highest BCUT2D eigenvalue weighted by molar-refractivity contribution is 5.81. The van der Waals surface area contributed by atoms with E-state index in [-0.39, 0.29) is 23.3 Å². The smallest absolute Gasteiger partial charge is 0.251 e. The molecule has 2 aromatic rings. The molecular formula is C22H29N5O3. The van der Waals surface area contributed by atoms with Gasteiger partial charge >= 0.3 is 0 Å². The van der Waals surface area contributed by atoms with Gasteiger partial charge in [0.2, 0.25) is 5.91 Å². The Morgan fingerprint density at radius 1 is 1.23 bits per heavy atom. The molecule has 2 fully saturated rings. The molecule has 0 N–H and O–H groups in total. The van der Waals surface area contributed by atoms with Crippen molar-refractivity contribution in [3.63, 3.8) is 0 Å². The van der Waals surface area contributed by atoms with Crippen LogP contribution in [-0.2, 0) is 23.1 Å². The first-order chi connectivity index (χ1) is 14.6. The van der Waals surface area contributed by atoms with E-state index in [1.165, 1.54) is 0 Å². The van der Waals surface area contributed by atoms with Crippen molar-refractivity contribution in [2.24, 2.45) is 13.0 Å². The van der Waals surface area contributed by atoms with Crippen molar-refractivity contribution in [2.45, 2.75) is 31.3 Å². The fourth-order valence-corrected chi connectivity index (χ4v) is 5.38. The van der Waals surface area contributed by atoms with Crippen LogP contribution in [0.25, 0.3) is 0 Å². The van der Waals surface area contributed by atoms with E-state index in [1.807, 2.05) is 41.0 Å². The average molecular weight is 412 g/mol. The number of aromatic nitrogens is 3. The molecule has 2 bridgehead atoms. The summed E-state index contributed by atoms with van der Waals surface area (Å²) in [7, 11) is 2.01. The van der Waals surface area contributed by atoms with Gasteiger partial charge < -0.3 is 14.2 Å². The van der Waals surface area contributed by atoms with Gasteiger partial charge in [0.15, 0.2) is 0 Å². The second kappa shape index (κ2) is 8.00. The molecule has 0 unspecified atom stereocenters. The highest BCUT2D eigenvalue weighted by Gasteiger charge is 2.45. The molecule has 0 radical (unpaired) electrons. The van der Waals surface area contributed by atoms with Crippen LogP contribution in [0.15, 0.2) is 35.4 Å². The minimum Gasteiger partial charge on any atom is -0.380 e. The van der Waals surface area contributed by atoms with Crippen molar-refractivity contribution in [1.82, 2.24) is 23.9 Å². The fourth-order valence-electron chi connectivity index (χ4n) is 5.38. The number of imidazole rings is 1. The Kier molecular flexibility index (Phi) is 5.20. The molecule has 8 heteroatoms. The summed E-state index contributed by atoms with van der Waals surface area (Å²) in [6.07, 6.45) is 5.57. The first-order valence-electron chi connectivity index (χ1n) is 10.9. The van der Waals surface area contributed by atoms with Gasteiger partial charge in [-0.05, 0) is 18.9 Å². The lowest BCUT2D eigenvalue weighted by atomic mass is 9.78. The molecular weight excluding hydrogens is 382 g/mol. The van der Waals surface area contributed by atoms with E-state index in [0.29, 0.717) is 26.3 Å². The number of pyridine rings is 1. The third-order valence-electron chi connectivity index (χ3n) is 6.80. The zero-order chi connectivity index (χ0) is 20.7. The lowest BCUT2D eigenvalue weighted by molar-refractivity contribution is -0.138. The van der Waals surface area contributed by atoms with Crippen molar-refractivity contribution >= 4 is 5.91 Å². The van der Waals surface area contributed by atoms with E-state index in [1.54, 1.807) is 10.6 Å². The van der Waals surface area contributed by atoms with Crippen molar-refractivity contribution < 1.29 is 9.53 Å². The number of hydrogen-bond acceptors (Lipinski definition) is 5. The van der Waals surface area contributed by atoms with Gasteiger partial charge in [0.1, 0.15) is 11.9 Å². The summed E-state index contributed by atoms with van der Waals surface area (Å²) in [5, 5.41) is 0. The quantitative estimate of drug-likeness (QED) is 0.753.